The van der Waals surface area contributed by atoms with E-state index < -0.39 is 0 Å². The number of nitrogens with one attached hydrogen (secondary N) is 1. The minimum Gasteiger partial charge on any atom is -0.369 e. The molecule has 0 aromatic carbocycles. The van der Waals surface area contributed by atoms with Crippen LogP contribution in [-0.4, -0.2) is 33.2 Å². The fourth-order valence-electron chi connectivity index (χ4n) is 0.871. The Morgan fingerprint density at radius 3 is 2.31 bits per heavy atom. The molecule has 76 valence electrons. The lowest BCUT2D eigenvalue weighted by Crippen LogP contribution is -2.35. The van der Waals surface area contributed by atoms with Crippen LogP contribution in [0.1, 0.15) is 13.3 Å². The first-order chi connectivity index (χ1) is 6.07. The molecule has 0 aliphatic carbocycles. The largest absolute Gasteiger partial charge is 0.369 e. The molecule has 0 radical (unpaired) electrons. The van der Waals surface area contributed by atoms with Gasteiger partial charge in [0.05, 0.1) is 0 Å². The molecule has 0 fully saturated rings. The highest BCUT2D eigenvalue weighted by Crippen LogP contribution is 1.97. The number of nitrogens with zero attached hydrogens (tertiary/aromatic N) is 1. The molecular weight excluding hydrogens is 240 g/mol. The van der Waals surface area contributed by atoms with Crippen molar-refractivity contribution in [1.82, 2.24) is 10.2 Å². The molecule has 0 rings (SSSR count). The molecule has 0 spiro atoms. The van der Waals surface area contributed by atoms with Gasteiger partial charge in [0.2, 0.25) is 0 Å². The van der Waals surface area contributed by atoms with Gasteiger partial charge in [-0.25, -0.2) is 0 Å². The maximum absolute atomic E-state index is 4.97. The van der Waals surface area contributed by atoms with Crippen LogP contribution >= 0.6 is 49.7 Å². The number of hydrogen-bond donors (Lipinski definition) is 3. The van der Waals surface area contributed by atoms with Gasteiger partial charge < -0.3 is 10.2 Å². The molecule has 0 aromatic heterocycles. The van der Waals surface area contributed by atoms with Gasteiger partial charge in [0, 0.05) is 19.6 Å². The molecular formula is C7H14N2S4. The summed E-state index contributed by atoms with van der Waals surface area (Å²) >= 11 is 17.8. The normalized spacial score (nSPS) is 9.46. The highest BCUT2D eigenvalue weighted by molar-refractivity contribution is 8.11. The van der Waals surface area contributed by atoms with E-state index in [4.69, 9.17) is 24.4 Å². The van der Waals surface area contributed by atoms with Gasteiger partial charge >= 0.3 is 0 Å². The molecule has 2 nitrogen and oxygen atoms in total. The van der Waals surface area contributed by atoms with E-state index in [1.165, 1.54) is 0 Å². The third-order valence-corrected chi connectivity index (χ3v) is 2.27. The maximum atomic E-state index is 4.97. The van der Waals surface area contributed by atoms with Gasteiger partial charge in [-0.1, -0.05) is 31.4 Å². The monoisotopic (exact) mass is 254 g/mol. The molecule has 0 bridgehead atoms. The predicted molar refractivity (Wildman–Crippen MR) is 73.0 cm³/mol. The van der Waals surface area contributed by atoms with Crippen LogP contribution in [0.5, 0.6) is 0 Å². The number of hydrogen-bond acceptors (Lipinski definition) is 2. The Balaban J connectivity index is 3.69. The highest BCUT2D eigenvalue weighted by atomic mass is 32.1. The van der Waals surface area contributed by atoms with Crippen molar-refractivity contribution in [3.8, 4) is 0 Å². The lowest BCUT2D eigenvalue weighted by molar-refractivity contribution is 0.435. The fourth-order valence-corrected chi connectivity index (χ4v) is 1.47. The minimum absolute atomic E-state index is 0.515. The Morgan fingerprint density at radius 1 is 1.31 bits per heavy atom. The van der Waals surface area contributed by atoms with E-state index in [1.807, 2.05) is 4.90 Å². The van der Waals surface area contributed by atoms with Crippen LogP contribution < -0.4 is 5.32 Å². The Morgan fingerprint density at radius 2 is 1.92 bits per heavy atom. The molecule has 0 aliphatic heterocycles. The minimum atomic E-state index is 0.515. The molecule has 0 heterocycles. The van der Waals surface area contributed by atoms with Gasteiger partial charge in [0.1, 0.15) is 8.64 Å². The predicted octanol–water partition coefficient (Wildman–Crippen LogP) is 1.72. The first-order valence-electron chi connectivity index (χ1n) is 4.02. The van der Waals surface area contributed by atoms with E-state index in [9.17, 15) is 0 Å². The van der Waals surface area contributed by atoms with Gasteiger partial charge in [0.15, 0.2) is 0 Å². The smallest absolute Gasteiger partial charge is 0.133 e. The Labute approximate surface area is 101 Å². The van der Waals surface area contributed by atoms with E-state index in [0.717, 1.165) is 26.1 Å². The average Bonchev–Trinajstić information content (AvgIpc) is 2.02. The van der Waals surface area contributed by atoms with Gasteiger partial charge in [-0.3, -0.25) is 0 Å². The van der Waals surface area contributed by atoms with Crippen molar-refractivity contribution in [2.24, 2.45) is 0 Å². The SMILES string of the molecule is CCCN(CCNC(=S)S)C(=S)S. The van der Waals surface area contributed by atoms with Crippen LogP contribution in [0.3, 0.4) is 0 Å². The summed E-state index contributed by atoms with van der Waals surface area (Å²) in [5, 5.41) is 2.95. The average molecular weight is 254 g/mol. The van der Waals surface area contributed by atoms with Crippen molar-refractivity contribution in [1.29, 1.82) is 0 Å². The van der Waals surface area contributed by atoms with E-state index >= 15 is 0 Å². The standard InChI is InChI=1S/C7H14N2S4/c1-2-4-9(7(12)13)5-3-8-6(10)11/h2-5H2,1H3,(H,12,13)(H2,8,10,11). The Kier molecular flexibility index (Phi) is 8.13. The van der Waals surface area contributed by atoms with Crippen LogP contribution in [-0.2, 0) is 0 Å². The Bertz CT molecular complexity index is 183. The quantitative estimate of drug-likeness (QED) is 0.511. The van der Waals surface area contributed by atoms with Crippen LogP contribution in [0.2, 0.25) is 0 Å². The molecule has 13 heavy (non-hydrogen) atoms. The molecule has 0 unspecified atom stereocenters. The second-order valence-electron chi connectivity index (χ2n) is 2.50. The van der Waals surface area contributed by atoms with Crippen molar-refractivity contribution in [2.75, 3.05) is 19.6 Å². The summed E-state index contributed by atoms with van der Waals surface area (Å²) in [6.07, 6.45) is 1.06. The van der Waals surface area contributed by atoms with E-state index in [1.54, 1.807) is 0 Å². The summed E-state index contributed by atoms with van der Waals surface area (Å²) in [5.41, 5.74) is 0. The van der Waals surface area contributed by atoms with Crippen LogP contribution in [0.4, 0.5) is 0 Å². The van der Waals surface area contributed by atoms with Crippen LogP contribution in [0.25, 0.3) is 0 Å². The molecule has 1 N–H and O–H groups in total. The lowest BCUT2D eigenvalue weighted by Gasteiger charge is -2.21. The number of rotatable bonds is 5. The zero-order valence-electron chi connectivity index (χ0n) is 7.49. The number of thiol groups is 2. The third-order valence-electron chi connectivity index (χ3n) is 1.42. The first-order valence-corrected chi connectivity index (χ1v) is 5.73. The number of thiocarbonyl (C=S) groups is 2. The van der Waals surface area contributed by atoms with E-state index in [-0.39, 0.29) is 0 Å². The molecule has 0 atom stereocenters. The summed E-state index contributed by atoms with van der Waals surface area (Å²) < 4.78 is 1.15. The second kappa shape index (κ2) is 7.84. The van der Waals surface area contributed by atoms with E-state index in [0.29, 0.717) is 8.64 Å². The Hall–Kier alpha value is 0.480. The van der Waals surface area contributed by atoms with Crippen molar-refractivity contribution in [3.63, 3.8) is 0 Å². The summed E-state index contributed by atoms with van der Waals surface area (Å²) in [7, 11) is 0. The molecule has 0 saturated heterocycles. The maximum Gasteiger partial charge on any atom is 0.133 e. The fraction of sp³-hybridized carbons (Fsp3) is 0.714. The van der Waals surface area contributed by atoms with Crippen molar-refractivity contribution in [3.05, 3.63) is 0 Å². The topological polar surface area (TPSA) is 15.3 Å². The van der Waals surface area contributed by atoms with Crippen LogP contribution in [0, 0.1) is 0 Å². The second-order valence-corrected chi connectivity index (χ2v) is 4.77. The first kappa shape index (κ1) is 13.5. The summed E-state index contributed by atoms with van der Waals surface area (Å²) in [6.45, 7) is 4.61. The van der Waals surface area contributed by atoms with Gasteiger partial charge in [-0.05, 0) is 6.42 Å². The summed E-state index contributed by atoms with van der Waals surface area (Å²) in [6, 6.07) is 0. The van der Waals surface area contributed by atoms with Gasteiger partial charge in [-0.15, -0.1) is 25.3 Å². The molecule has 0 aromatic rings. The van der Waals surface area contributed by atoms with Crippen molar-refractivity contribution < 1.29 is 0 Å². The van der Waals surface area contributed by atoms with Crippen molar-refractivity contribution >= 4 is 58.3 Å². The van der Waals surface area contributed by atoms with Crippen molar-refractivity contribution in [2.45, 2.75) is 13.3 Å². The third kappa shape index (κ3) is 7.54. The molecule has 0 amide bonds. The van der Waals surface area contributed by atoms with E-state index in [2.05, 4.69) is 37.5 Å². The van der Waals surface area contributed by atoms with Gasteiger partial charge in [0.25, 0.3) is 0 Å². The van der Waals surface area contributed by atoms with Crippen LogP contribution in [0.15, 0.2) is 0 Å². The molecule has 6 heteroatoms. The molecule has 0 saturated carbocycles. The summed E-state index contributed by atoms with van der Waals surface area (Å²) in [4.78, 5) is 2.03. The summed E-state index contributed by atoms with van der Waals surface area (Å²) in [5.74, 6) is 0. The molecule has 0 aliphatic rings. The highest BCUT2D eigenvalue weighted by Gasteiger charge is 2.03. The van der Waals surface area contributed by atoms with Gasteiger partial charge in [-0.2, -0.15) is 0 Å². The zero-order valence-corrected chi connectivity index (χ0v) is 10.9. The lowest BCUT2D eigenvalue weighted by atomic mass is 10.4. The zero-order chi connectivity index (χ0) is 10.3.